The van der Waals surface area contributed by atoms with Crippen LogP contribution in [0.2, 0.25) is 0 Å². The molecule has 1 saturated heterocycles. The SMILES string of the molecule is C[C@@H](C(=O)N1CCC2(CC1)C[C@H]2N(C)Cc1nccs1)n1cncn1. The van der Waals surface area contributed by atoms with Crippen molar-refractivity contribution in [1.29, 1.82) is 0 Å². The zero-order valence-corrected chi connectivity index (χ0v) is 15.5. The Hall–Kier alpha value is -1.80. The number of piperidine rings is 1. The van der Waals surface area contributed by atoms with Crippen molar-refractivity contribution in [3.63, 3.8) is 0 Å². The molecule has 2 fully saturated rings. The highest BCUT2D eigenvalue weighted by molar-refractivity contribution is 7.09. The zero-order valence-electron chi connectivity index (χ0n) is 14.7. The van der Waals surface area contributed by atoms with Crippen LogP contribution in [0.3, 0.4) is 0 Å². The number of nitrogens with zero attached hydrogens (tertiary/aromatic N) is 6. The number of amides is 1. The van der Waals surface area contributed by atoms with Gasteiger partial charge in [-0.15, -0.1) is 11.3 Å². The number of carbonyl (C=O) groups is 1. The van der Waals surface area contributed by atoms with Gasteiger partial charge in [0.05, 0.1) is 6.54 Å². The number of hydrogen-bond donors (Lipinski definition) is 0. The molecule has 2 atom stereocenters. The predicted molar refractivity (Wildman–Crippen MR) is 95.0 cm³/mol. The Morgan fingerprint density at radius 3 is 2.92 bits per heavy atom. The van der Waals surface area contributed by atoms with Gasteiger partial charge in [0, 0.05) is 30.7 Å². The Balaban J connectivity index is 1.31. The van der Waals surface area contributed by atoms with Gasteiger partial charge in [0.1, 0.15) is 23.7 Å². The summed E-state index contributed by atoms with van der Waals surface area (Å²) in [5.41, 5.74) is 0.402. The summed E-state index contributed by atoms with van der Waals surface area (Å²) in [6.07, 6.45) is 8.39. The quantitative estimate of drug-likeness (QED) is 0.813. The largest absolute Gasteiger partial charge is 0.341 e. The zero-order chi connectivity index (χ0) is 17.4. The molecule has 0 N–H and O–H groups in total. The molecule has 1 spiro atoms. The van der Waals surface area contributed by atoms with Crippen LogP contribution in [0, 0.1) is 5.41 Å². The monoisotopic (exact) mass is 360 g/mol. The van der Waals surface area contributed by atoms with Crippen molar-refractivity contribution >= 4 is 17.2 Å². The second kappa shape index (κ2) is 6.49. The summed E-state index contributed by atoms with van der Waals surface area (Å²) in [6.45, 7) is 4.51. The van der Waals surface area contributed by atoms with E-state index in [1.807, 2.05) is 23.4 Å². The molecule has 4 rings (SSSR count). The first-order valence-corrected chi connectivity index (χ1v) is 9.68. The highest BCUT2D eigenvalue weighted by Crippen LogP contribution is 2.56. The number of carbonyl (C=O) groups excluding carboxylic acids is 1. The average molecular weight is 360 g/mol. The van der Waals surface area contributed by atoms with E-state index in [0.29, 0.717) is 11.5 Å². The van der Waals surface area contributed by atoms with Crippen LogP contribution in [0.15, 0.2) is 24.2 Å². The number of rotatable bonds is 5. The first kappa shape index (κ1) is 16.7. The van der Waals surface area contributed by atoms with E-state index in [2.05, 4.69) is 27.0 Å². The third-order valence-corrected chi connectivity index (χ3v) is 6.57. The molecule has 2 aromatic rings. The van der Waals surface area contributed by atoms with Gasteiger partial charge in [-0.1, -0.05) is 0 Å². The molecule has 3 heterocycles. The molecule has 1 saturated carbocycles. The van der Waals surface area contributed by atoms with Gasteiger partial charge in [0.25, 0.3) is 0 Å². The first-order chi connectivity index (χ1) is 12.1. The van der Waals surface area contributed by atoms with Crippen molar-refractivity contribution in [3.8, 4) is 0 Å². The Labute approximate surface area is 151 Å². The van der Waals surface area contributed by atoms with Crippen molar-refractivity contribution in [2.75, 3.05) is 20.1 Å². The van der Waals surface area contributed by atoms with Crippen LogP contribution in [-0.2, 0) is 11.3 Å². The maximum absolute atomic E-state index is 12.7. The lowest BCUT2D eigenvalue weighted by Crippen LogP contribution is -2.43. The molecule has 25 heavy (non-hydrogen) atoms. The second-order valence-corrected chi connectivity index (χ2v) is 8.28. The van der Waals surface area contributed by atoms with Gasteiger partial charge in [0.15, 0.2) is 0 Å². The van der Waals surface area contributed by atoms with Crippen molar-refractivity contribution < 1.29 is 4.79 Å². The summed E-state index contributed by atoms with van der Waals surface area (Å²) in [6, 6.07) is 0.348. The van der Waals surface area contributed by atoms with E-state index in [1.165, 1.54) is 17.8 Å². The van der Waals surface area contributed by atoms with Crippen molar-refractivity contribution in [3.05, 3.63) is 29.2 Å². The lowest BCUT2D eigenvalue weighted by atomic mass is 9.92. The van der Waals surface area contributed by atoms with Crippen LogP contribution in [0.1, 0.15) is 37.2 Å². The Morgan fingerprint density at radius 1 is 1.48 bits per heavy atom. The van der Waals surface area contributed by atoms with E-state index >= 15 is 0 Å². The van der Waals surface area contributed by atoms with E-state index in [-0.39, 0.29) is 11.9 Å². The van der Waals surface area contributed by atoms with E-state index in [9.17, 15) is 4.79 Å². The van der Waals surface area contributed by atoms with Crippen molar-refractivity contribution in [1.82, 2.24) is 29.5 Å². The average Bonchev–Trinajstić information content (AvgIpc) is 3.06. The molecule has 2 aromatic heterocycles. The highest BCUT2D eigenvalue weighted by atomic mass is 32.1. The summed E-state index contributed by atoms with van der Waals surface area (Å²) in [4.78, 5) is 25.4. The van der Waals surface area contributed by atoms with Crippen molar-refractivity contribution in [2.24, 2.45) is 5.41 Å². The maximum atomic E-state index is 12.7. The van der Waals surface area contributed by atoms with Crippen LogP contribution >= 0.6 is 11.3 Å². The Morgan fingerprint density at radius 2 is 2.28 bits per heavy atom. The fraction of sp³-hybridized carbons (Fsp3) is 0.647. The molecule has 1 aliphatic heterocycles. The van der Waals surface area contributed by atoms with E-state index in [4.69, 9.17) is 0 Å². The molecule has 0 unspecified atom stereocenters. The maximum Gasteiger partial charge on any atom is 0.247 e. The van der Waals surface area contributed by atoms with Gasteiger partial charge >= 0.3 is 0 Å². The summed E-state index contributed by atoms with van der Waals surface area (Å²) in [5, 5.41) is 7.30. The third kappa shape index (κ3) is 3.20. The van der Waals surface area contributed by atoms with Crippen LogP contribution in [0.4, 0.5) is 0 Å². The topological polar surface area (TPSA) is 67.2 Å². The van der Waals surface area contributed by atoms with Crippen LogP contribution in [0.5, 0.6) is 0 Å². The third-order valence-electron chi connectivity index (χ3n) is 5.81. The minimum Gasteiger partial charge on any atom is -0.341 e. The molecule has 2 aliphatic rings. The van der Waals surface area contributed by atoms with Gasteiger partial charge in [-0.25, -0.2) is 14.6 Å². The lowest BCUT2D eigenvalue weighted by molar-refractivity contribution is -0.136. The van der Waals surface area contributed by atoms with E-state index < -0.39 is 0 Å². The molecule has 0 aromatic carbocycles. The van der Waals surface area contributed by atoms with E-state index in [0.717, 1.165) is 32.5 Å². The highest BCUT2D eigenvalue weighted by Gasteiger charge is 2.57. The molecule has 134 valence electrons. The number of hydrogen-bond acceptors (Lipinski definition) is 6. The fourth-order valence-electron chi connectivity index (χ4n) is 4.11. The molecule has 1 aliphatic carbocycles. The van der Waals surface area contributed by atoms with Crippen LogP contribution in [0.25, 0.3) is 0 Å². The second-order valence-electron chi connectivity index (χ2n) is 7.30. The van der Waals surface area contributed by atoms with Crippen molar-refractivity contribution in [2.45, 2.75) is 44.8 Å². The summed E-state index contributed by atoms with van der Waals surface area (Å²) in [5.74, 6) is 0.147. The van der Waals surface area contributed by atoms with Gasteiger partial charge in [0.2, 0.25) is 5.91 Å². The number of aromatic nitrogens is 4. The van der Waals surface area contributed by atoms with E-state index in [1.54, 1.807) is 22.3 Å². The summed E-state index contributed by atoms with van der Waals surface area (Å²) in [7, 11) is 2.20. The summed E-state index contributed by atoms with van der Waals surface area (Å²) >= 11 is 1.72. The Kier molecular flexibility index (Phi) is 4.33. The number of thiazole rings is 1. The van der Waals surface area contributed by atoms with Gasteiger partial charge in [-0.3, -0.25) is 9.69 Å². The number of likely N-dealkylation sites (tertiary alicyclic amines) is 1. The molecule has 8 heteroatoms. The first-order valence-electron chi connectivity index (χ1n) is 8.80. The Bertz CT molecular complexity index is 708. The minimum absolute atomic E-state index is 0.147. The van der Waals surface area contributed by atoms with Crippen LogP contribution in [-0.4, -0.2) is 61.6 Å². The molecule has 7 nitrogen and oxygen atoms in total. The standard InChI is InChI=1S/C17H24N6OS/c1-13(23-12-18-11-20-23)16(24)22-6-3-17(4-7-22)9-14(17)21(2)10-15-19-5-8-25-15/h5,8,11-14H,3-4,6-7,9-10H2,1-2H3/t13-,14+/m0/s1. The fourth-order valence-corrected chi connectivity index (χ4v) is 4.79. The van der Waals surface area contributed by atoms with Crippen LogP contribution < -0.4 is 0 Å². The van der Waals surface area contributed by atoms with Gasteiger partial charge < -0.3 is 4.90 Å². The van der Waals surface area contributed by atoms with Gasteiger partial charge in [-0.2, -0.15) is 5.10 Å². The predicted octanol–water partition coefficient (Wildman–Crippen LogP) is 1.81. The van der Waals surface area contributed by atoms with Gasteiger partial charge in [-0.05, 0) is 38.6 Å². The molecular weight excluding hydrogens is 336 g/mol. The minimum atomic E-state index is -0.279. The molecule has 0 bridgehead atoms. The molecule has 1 amide bonds. The molecule has 0 radical (unpaired) electrons. The smallest absolute Gasteiger partial charge is 0.247 e. The molecular formula is C17H24N6OS. The normalized spacial score (nSPS) is 23.2. The summed E-state index contributed by atoms with van der Waals surface area (Å²) < 4.78 is 1.63. The lowest BCUT2D eigenvalue weighted by Gasteiger charge is -2.35.